The van der Waals surface area contributed by atoms with Crippen LogP contribution in [0.3, 0.4) is 0 Å². The summed E-state index contributed by atoms with van der Waals surface area (Å²) in [5, 5.41) is 4.75. The van der Waals surface area contributed by atoms with E-state index in [1.807, 2.05) is 24.3 Å². The molecule has 8 nitrogen and oxygen atoms in total. The second-order valence-corrected chi connectivity index (χ2v) is 7.26. The van der Waals surface area contributed by atoms with Crippen LogP contribution in [0.2, 0.25) is 0 Å². The molecule has 0 unspecified atom stereocenters. The average Bonchev–Trinajstić information content (AvgIpc) is 2.99. The number of fused-ring (bicyclic) bond motifs is 1. The van der Waals surface area contributed by atoms with Gasteiger partial charge in [-0.2, -0.15) is 10.1 Å². The fourth-order valence-electron chi connectivity index (χ4n) is 2.43. The van der Waals surface area contributed by atoms with Crippen LogP contribution >= 0.6 is 27.5 Å². The van der Waals surface area contributed by atoms with Gasteiger partial charge in [0.1, 0.15) is 0 Å². The first-order valence-corrected chi connectivity index (χ1v) is 9.10. The van der Waals surface area contributed by atoms with Crippen LogP contribution in [0.1, 0.15) is 12.5 Å². The molecule has 1 aromatic carbocycles. The van der Waals surface area contributed by atoms with Gasteiger partial charge in [0.2, 0.25) is 5.95 Å². The molecule has 3 aromatic rings. The summed E-state index contributed by atoms with van der Waals surface area (Å²) in [4.78, 5) is 30.8. The van der Waals surface area contributed by atoms with Crippen molar-refractivity contribution in [2.75, 3.05) is 5.43 Å². The zero-order valence-corrected chi connectivity index (χ0v) is 16.9. The summed E-state index contributed by atoms with van der Waals surface area (Å²) < 4.78 is 3.85. The van der Waals surface area contributed by atoms with Crippen molar-refractivity contribution >= 4 is 50.9 Å². The topological polar surface area (TPSA) is 97.1 Å². The number of hydrazone groups is 1. The first kappa shape index (κ1) is 19.1. The number of benzene rings is 1. The Morgan fingerprint density at radius 1 is 1.37 bits per heavy atom. The van der Waals surface area contributed by atoms with Crippen LogP contribution in [-0.2, 0) is 13.6 Å². The molecule has 0 amide bonds. The van der Waals surface area contributed by atoms with Gasteiger partial charge in [-0.1, -0.05) is 45.7 Å². The normalized spacial score (nSPS) is 12.2. The molecule has 0 aliphatic rings. The lowest BCUT2D eigenvalue weighted by Crippen LogP contribution is -2.29. The van der Waals surface area contributed by atoms with E-state index in [0.717, 1.165) is 10.0 Å². The molecule has 0 bridgehead atoms. The number of imidazole rings is 1. The number of nitrogens with one attached hydrogen (secondary N) is 2. The van der Waals surface area contributed by atoms with Crippen molar-refractivity contribution in [1.82, 2.24) is 19.1 Å². The number of nitrogens with zero attached hydrogens (tertiary/aromatic N) is 4. The molecular weight excluding hydrogens is 436 g/mol. The molecule has 2 heterocycles. The predicted octanol–water partition coefficient (Wildman–Crippen LogP) is 2.77. The minimum absolute atomic E-state index is 0.255. The highest BCUT2D eigenvalue weighted by Crippen LogP contribution is 2.16. The Morgan fingerprint density at radius 2 is 2.07 bits per heavy atom. The first-order chi connectivity index (χ1) is 12.9. The Kier molecular flexibility index (Phi) is 5.62. The van der Waals surface area contributed by atoms with Gasteiger partial charge in [0, 0.05) is 23.1 Å². The van der Waals surface area contributed by atoms with Gasteiger partial charge in [-0.25, -0.2) is 10.2 Å². The van der Waals surface area contributed by atoms with Crippen LogP contribution in [0, 0.1) is 0 Å². The molecule has 0 saturated carbocycles. The van der Waals surface area contributed by atoms with Crippen LogP contribution in [0.15, 0.2) is 54.5 Å². The van der Waals surface area contributed by atoms with E-state index in [1.54, 1.807) is 23.8 Å². The number of aryl methyl sites for hydroxylation is 1. The fourth-order valence-corrected chi connectivity index (χ4v) is 2.76. The maximum absolute atomic E-state index is 12.3. The van der Waals surface area contributed by atoms with Crippen LogP contribution in [0.4, 0.5) is 5.95 Å². The van der Waals surface area contributed by atoms with Gasteiger partial charge in [-0.15, -0.1) is 0 Å². The standard InChI is InChI=1S/C17H16BrClN6O2/c1-10(19)7-8-25-13-14(24(2)17(27)22-15(13)26)21-16(25)23-20-9-11-3-5-12(18)6-4-11/h3-7,9H,8H2,1-2H3,(H,21,23)(H,22,26,27)/b10-7+,20-9+. The van der Waals surface area contributed by atoms with Crippen LogP contribution in [-0.4, -0.2) is 25.3 Å². The summed E-state index contributed by atoms with van der Waals surface area (Å²) in [6.45, 7) is 2.03. The first-order valence-electron chi connectivity index (χ1n) is 7.93. The summed E-state index contributed by atoms with van der Waals surface area (Å²) in [5.41, 5.74) is 3.17. The molecule has 0 aliphatic heterocycles. The highest BCUT2D eigenvalue weighted by Gasteiger charge is 2.16. The minimum atomic E-state index is -0.536. The Balaban J connectivity index is 2.04. The number of H-pyrrole nitrogens is 1. The molecule has 0 saturated heterocycles. The summed E-state index contributed by atoms with van der Waals surface area (Å²) in [6, 6.07) is 7.60. The smallest absolute Gasteiger partial charge is 0.299 e. The molecule has 2 aromatic heterocycles. The molecule has 0 fully saturated rings. The van der Waals surface area contributed by atoms with Gasteiger partial charge < -0.3 is 0 Å². The number of anilines is 1. The van der Waals surface area contributed by atoms with Crippen LogP contribution in [0.25, 0.3) is 11.2 Å². The van der Waals surface area contributed by atoms with Crippen molar-refractivity contribution in [3.05, 3.63) is 66.2 Å². The Bertz CT molecular complexity index is 1150. The van der Waals surface area contributed by atoms with Gasteiger partial charge in [-0.3, -0.25) is 18.9 Å². The average molecular weight is 452 g/mol. The van der Waals surface area contributed by atoms with E-state index in [4.69, 9.17) is 11.6 Å². The molecule has 10 heteroatoms. The lowest BCUT2D eigenvalue weighted by atomic mass is 10.2. The Morgan fingerprint density at radius 3 is 2.74 bits per heavy atom. The molecule has 0 radical (unpaired) electrons. The Hall–Kier alpha value is -2.65. The zero-order valence-electron chi connectivity index (χ0n) is 14.5. The van der Waals surface area contributed by atoms with Crippen molar-refractivity contribution < 1.29 is 0 Å². The largest absolute Gasteiger partial charge is 0.329 e. The summed E-state index contributed by atoms with van der Waals surface area (Å²) in [7, 11) is 1.54. The number of hydrogen-bond acceptors (Lipinski definition) is 5. The maximum atomic E-state index is 12.3. The number of allylic oxidation sites excluding steroid dienone is 2. The summed E-state index contributed by atoms with van der Waals surface area (Å²) in [5.74, 6) is 0.319. The van der Waals surface area contributed by atoms with E-state index in [0.29, 0.717) is 17.5 Å². The molecule has 3 rings (SSSR count). The second-order valence-electron chi connectivity index (χ2n) is 5.75. The van der Waals surface area contributed by atoms with E-state index in [-0.39, 0.29) is 11.2 Å². The van der Waals surface area contributed by atoms with E-state index < -0.39 is 11.2 Å². The van der Waals surface area contributed by atoms with E-state index in [2.05, 4.69) is 36.4 Å². The number of hydrogen-bond donors (Lipinski definition) is 2. The molecule has 140 valence electrons. The minimum Gasteiger partial charge on any atom is -0.299 e. The van der Waals surface area contributed by atoms with Gasteiger partial charge >= 0.3 is 5.69 Å². The van der Waals surface area contributed by atoms with E-state index >= 15 is 0 Å². The molecule has 0 spiro atoms. The summed E-state index contributed by atoms with van der Waals surface area (Å²) in [6.07, 6.45) is 3.36. The maximum Gasteiger partial charge on any atom is 0.329 e. The predicted molar refractivity (Wildman–Crippen MR) is 111 cm³/mol. The van der Waals surface area contributed by atoms with E-state index in [1.165, 1.54) is 11.6 Å². The zero-order chi connectivity index (χ0) is 19.6. The molecule has 27 heavy (non-hydrogen) atoms. The lowest BCUT2D eigenvalue weighted by Gasteiger charge is -2.05. The quantitative estimate of drug-likeness (QED) is 0.460. The monoisotopic (exact) mass is 450 g/mol. The third-order valence-electron chi connectivity index (χ3n) is 3.81. The molecular formula is C17H16BrClN6O2. The number of halogens is 2. The molecule has 0 atom stereocenters. The molecule has 2 N–H and O–H groups in total. The third-order valence-corrected chi connectivity index (χ3v) is 4.49. The second kappa shape index (κ2) is 7.93. The number of aromatic nitrogens is 4. The fraction of sp³-hybridized carbons (Fsp3) is 0.176. The van der Waals surface area contributed by atoms with Crippen molar-refractivity contribution in [3.8, 4) is 0 Å². The van der Waals surface area contributed by atoms with Crippen LogP contribution < -0.4 is 16.7 Å². The van der Waals surface area contributed by atoms with E-state index in [9.17, 15) is 9.59 Å². The molecule has 0 aliphatic carbocycles. The van der Waals surface area contributed by atoms with Gasteiger partial charge in [-0.05, 0) is 24.6 Å². The van der Waals surface area contributed by atoms with Crippen molar-refractivity contribution in [1.29, 1.82) is 0 Å². The van der Waals surface area contributed by atoms with Crippen molar-refractivity contribution in [2.24, 2.45) is 12.1 Å². The Labute approximate surface area is 167 Å². The van der Waals surface area contributed by atoms with Crippen molar-refractivity contribution in [2.45, 2.75) is 13.5 Å². The van der Waals surface area contributed by atoms with Crippen molar-refractivity contribution in [3.63, 3.8) is 0 Å². The van der Waals surface area contributed by atoms with Crippen LogP contribution in [0.5, 0.6) is 0 Å². The highest BCUT2D eigenvalue weighted by molar-refractivity contribution is 9.10. The third kappa shape index (κ3) is 4.20. The van der Waals surface area contributed by atoms with Gasteiger partial charge in [0.15, 0.2) is 11.2 Å². The lowest BCUT2D eigenvalue weighted by molar-refractivity contribution is 0.818. The summed E-state index contributed by atoms with van der Waals surface area (Å²) >= 11 is 9.30. The SMILES string of the molecule is C/C(Cl)=C\Cn1c(N/N=C/c2ccc(Br)cc2)nc2c1c(=O)[nH]c(=O)n2C. The highest BCUT2D eigenvalue weighted by atomic mass is 79.9. The number of rotatable bonds is 5. The van der Waals surface area contributed by atoms with Gasteiger partial charge in [0.05, 0.1) is 6.21 Å². The number of aromatic amines is 1. The van der Waals surface area contributed by atoms with Gasteiger partial charge in [0.25, 0.3) is 5.56 Å².